The zero-order valence-corrected chi connectivity index (χ0v) is 15.0. The lowest BCUT2D eigenvalue weighted by Gasteiger charge is -2.07. The number of benzene rings is 2. The molecule has 0 saturated heterocycles. The number of nitrogens with zero attached hydrogens (tertiary/aromatic N) is 1. The summed E-state index contributed by atoms with van der Waals surface area (Å²) in [6, 6.07) is 15.6. The Morgan fingerprint density at radius 1 is 1.07 bits per heavy atom. The van der Waals surface area contributed by atoms with E-state index in [0.717, 1.165) is 11.3 Å². The smallest absolute Gasteiger partial charge is 0.337 e. The van der Waals surface area contributed by atoms with Crippen molar-refractivity contribution in [3.05, 3.63) is 71.4 Å². The summed E-state index contributed by atoms with van der Waals surface area (Å²) in [6.07, 6.45) is 1.32. The van der Waals surface area contributed by atoms with E-state index in [1.165, 1.54) is 13.3 Å². The molecule has 2 aromatic carbocycles. The molecule has 27 heavy (non-hydrogen) atoms. The number of methoxy groups -OCH3 is 2. The quantitative estimate of drug-likeness (QED) is 0.444. The second-order valence-corrected chi connectivity index (χ2v) is 5.41. The number of nitrogens with one attached hydrogen (secondary N) is 2. The largest absolute Gasteiger partial charge is 0.497 e. The van der Waals surface area contributed by atoms with Gasteiger partial charge in [0.05, 0.1) is 19.8 Å². The fourth-order valence-corrected chi connectivity index (χ4v) is 2.15. The molecule has 0 aliphatic rings. The minimum Gasteiger partial charge on any atom is -0.497 e. The Balaban J connectivity index is 1.95. The molecule has 0 saturated carbocycles. The molecule has 2 aromatic rings. The van der Waals surface area contributed by atoms with Crippen LogP contribution < -0.4 is 15.4 Å². The van der Waals surface area contributed by atoms with Crippen LogP contribution in [-0.2, 0) is 16.1 Å². The summed E-state index contributed by atoms with van der Waals surface area (Å²) in [4.78, 5) is 23.5. The van der Waals surface area contributed by atoms with Gasteiger partial charge in [-0.3, -0.25) is 4.79 Å². The second-order valence-electron chi connectivity index (χ2n) is 5.41. The summed E-state index contributed by atoms with van der Waals surface area (Å²) in [5.41, 5.74) is 1.84. The van der Waals surface area contributed by atoms with Crippen molar-refractivity contribution in [2.24, 2.45) is 0 Å². The molecule has 0 aliphatic heterocycles. The van der Waals surface area contributed by atoms with Crippen LogP contribution in [0.3, 0.4) is 0 Å². The number of hydrogen-bond acceptors (Lipinski definition) is 6. The van der Waals surface area contributed by atoms with Gasteiger partial charge in [0.2, 0.25) is 0 Å². The van der Waals surface area contributed by atoms with Crippen LogP contribution in [-0.4, -0.2) is 26.1 Å². The van der Waals surface area contributed by atoms with E-state index in [1.54, 1.807) is 43.5 Å². The maximum absolute atomic E-state index is 12.1. The van der Waals surface area contributed by atoms with Crippen LogP contribution >= 0.6 is 0 Å². The molecular formula is C20H19N3O4. The van der Waals surface area contributed by atoms with E-state index in [1.807, 2.05) is 18.2 Å². The summed E-state index contributed by atoms with van der Waals surface area (Å²) in [5, 5.41) is 14.7. The van der Waals surface area contributed by atoms with Gasteiger partial charge in [-0.2, -0.15) is 5.26 Å². The van der Waals surface area contributed by atoms with Crippen molar-refractivity contribution < 1.29 is 19.1 Å². The maximum Gasteiger partial charge on any atom is 0.337 e. The molecule has 2 rings (SSSR count). The molecule has 0 bridgehead atoms. The van der Waals surface area contributed by atoms with Crippen molar-refractivity contribution >= 4 is 17.6 Å². The molecule has 0 spiro atoms. The van der Waals surface area contributed by atoms with Crippen LogP contribution in [0.5, 0.6) is 5.75 Å². The average Bonchev–Trinajstić information content (AvgIpc) is 2.72. The van der Waals surface area contributed by atoms with Crippen LogP contribution in [0.25, 0.3) is 0 Å². The fraction of sp³-hybridized carbons (Fsp3) is 0.150. The fourth-order valence-electron chi connectivity index (χ4n) is 2.15. The van der Waals surface area contributed by atoms with Gasteiger partial charge in [-0.15, -0.1) is 0 Å². The van der Waals surface area contributed by atoms with Gasteiger partial charge in [0.15, 0.2) is 0 Å². The third-order valence-corrected chi connectivity index (χ3v) is 3.67. The minimum atomic E-state index is -0.494. The third kappa shape index (κ3) is 5.61. The van der Waals surface area contributed by atoms with Crippen molar-refractivity contribution in [1.29, 1.82) is 5.26 Å². The molecule has 0 heterocycles. The van der Waals surface area contributed by atoms with Crippen LogP contribution in [0.2, 0.25) is 0 Å². The Labute approximate surface area is 157 Å². The van der Waals surface area contributed by atoms with Gasteiger partial charge in [-0.25, -0.2) is 4.79 Å². The standard InChI is InChI=1S/C20H19N3O4/c1-26-18-9-3-14(4-10-18)12-23-19(24)16(11-21)13-22-17-7-5-15(6-8-17)20(25)27-2/h3-10,13,22H,12H2,1-2H3,(H,23,24). The molecular weight excluding hydrogens is 346 g/mol. The van der Waals surface area contributed by atoms with Gasteiger partial charge in [-0.1, -0.05) is 12.1 Å². The normalized spacial score (nSPS) is 10.5. The summed E-state index contributed by atoms with van der Waals surface area (Å²) < 4.78 is 9.70. The molecule has 0 aliphatic carbocycles. The zero-order chi connectivity index (χ0) is 19.6. The van der Waals surface area contributed by atoms with Crippen LogP contribution in [0.15, 0.2) is 60.3 Å². The van der Waals surface area contributed by atoms with Crippen molar-refractivity contribution in [3.8, 4) is 11.8 Å². The van der Waals surface area contributed by atoms with Gasteiger partial charge < -0.3 is 20.1 Å². The summed E-state index contributed by atoms with van der Waals surface area (Å²) in [5.74, 6) is -0.204. The number of carbonyl (C=O) groups excluding carboxylic acids is 2. The third-order valence-electron chi connectivity index (χ3n) is 3.67. The molecule has 0 fully saturated rings. The number of ether oxygens (including phenoxy) is 2. The van der Waals surface area contributed by atoms with E-state index in [4.69, 9.17) is 4.74 Å². The molecule has 7 heteroatoms. The monoisotopic (exact) mass is 365 g/mol. The first-order chi connectivity index (χ1) is 13.1. The van der Waals surface area contributed by atoms with E-state index in [0.29, 0.717) is 11.3 Å². The Morgan fingerprint density at radius 2 is 1.74 bits per heavy atom. The Kier molecular flexibility index (Phi) is 6.97. The van der Waals surface area contributed by atoms with Crippen molar-refractivity contribution in [2.75, 3.05) is 19.5 Å². The lowest BCUT2D eigenvalue weighted by Crippen LogP contribution is -2.24. The summed E-state index contributed by atoms with van der Waals surface area (Å²) in [6.45, 7) is 0.287. The van der Waals surface area contributed by atoms with Crippen molar-refractivity contribution in [2.45, 2.75) is 6.54 Å². The van der Waals surface area contributed by atoms with E-state index in [2.05, 4.69) is 15.4 Å². The molecule has 138 valence electrons. The Morgan fingerprint density at radius 3 is 2.30 bits per heavy atom. The number of esters is 1. The highest BCUT2D eigenvalue weighted by Gasteiger charge is 2.09. The van der Waals surface area contributed by atoms with Gasteiger partial charge in [-0.05, 0) is 42.0 Å². The number of rotatable bonds is 7. The number of anilines is 1. The Hall–Kier alpha value is -3.79. The molecule has 0 radical (unpaired) electrons. The highest BCUT2D eigenvalue weighted by atomic mass is 16.5. The van der Waals surface area contributed by atoms with Gasteiger partial charge in [0.25, 0.3) is 5.91 Å². The lowest BCUT2D eigenvalue weighted by molar-refractivity contribution is -0.117. The topological polar surface area (TPSA) is 100 Å². The van der Waals surface area contributed by atoms with Crippen molar-refractivity contribution in [1.82, 2.24) is 5.32 Å². The molecule has 7 nitrogen and oxygen atoms in total. The molecule has 0 atom stereocenters. The minimum absolute atomic E-state index is 0.0689. The van der Waals surface area contributed by atoms with Crippen LogP contribution in [0.1, 0.15) is 15.9 Å². The first kappa shape index (κ1) is 19.5. The average molecular weight is 365 g/mol. The molecule has 0 unspecified atom stereocenters. The number of carbonyl (C=O) groups is 2. The zero-order valence-electron chi connectivity index (χ0n) is 15.0. The van der Waals surface area contributed by atoms with Crippen LogP contribution in [0, 0.1) is 11.3 Å². The first-order valence-corrected chi connectivity index (χ1v) is 8.03. The predicted molar refractivity (Wildman–Crippen MR) is 99.9 cm³/mol. The molecule has 0 aromatic heterocycles. The number of nitriles is 1. The Bertz CT molecular complexity index is 866. The van der Waals surface area contributed by atoms with E-state index < -0.39 is 11.9 Å². The van der Waals surface area contributed by atoms with E-state index in [9.17, 15) is 14.9 Å². The SMILES string of the molecule is COC(=O)c1ccc(NC=C(C#N)C(=O)NCc2ccc(OC)cc2)cc1. The van der Waals surface area contributed by atoms with E-state index >= 15 is 0 Å². The predicted octanol–water partition coefficient (Wildman–Crippen LogP) is 2.62. The van der Waals surface area contributed by atoms with E-state index in [-0.39, 0.29) is 12.1 Å². The van der Waals surface area contributed by atoms with Gasteiger partial charge in [0.1, 0.15) is 17.4 Å². The maximum atomic E-state index is 12.1. The summed E-state index contributed by atoms with van der Waals surface area (Å²) in [7, 11) is 2.89. The lowest BCUT2D eigenvalue weighted by atomic mass is 10.2. The number of amides is 1. The highest BCUT2D eigenvalue weighted by molar-refractivity contribution is 5.97. The number of hydrogen-bond donors (Lipinski definition) is 2. The second kappa shape index (κ2) is 9.63. The van der Waals surface area contributed by atoms with Gasteiger partial charge >= 0.3 is 5.97 Å². The van der Waals surface area contributed by atoms with Gasteiger partial charge in [0, 0.05) is 18.4 Å². The first-order valence-electron chi connectivity index (χ1n) is 8.03. The highest BCUT2D eigenvalue weighted by Crippen LogP contribution is 2.12. The summed E-state index contributed by atoms with van der Waals surface area (Å²) >= 11 is 0. The van der Waals surface area contributed by atoms with Crippen LogP contribution in [0.4, 0.5) is 5.69 Å². The molecule has 2 N–H and O–H groups in total. The molecule has 1 amide bonds. The van der Waals surface area contributed by atoms with Crippen molar-refractivity contribution in [3.63, 3.8) is 0 Å².